The van der Waals surface area contributed by atoms with Crippen LogP contribution < -0.4 is 10.6 Å². The maximum atomic E-state index is 12.2. The van der Waals surface area contributed by atoms with Gasteiger partial charge in [0, 0.05) is 18.6 Å². The van der Waals surface area contributed by atoms with Crippen LogP contribution in [0.1, 0.15) is 6.42 Å². The van der Waals surface area contributed by atoms with E-state index in [1.165, 1.54) is 31.3 Å². The summed E-state index contributed by atoms with van der Waals surface area (Å²) in [6.07, 6.45) is 0.788. The zero-order valence-corrected chi connectivity index (χ0v) is 14.9. The average Bonchev–Trinajstić information content (AvgIpc) is 2.44. The molecule has 1 rings (SSSR count). The molecular formula is C13H21Cl2N3O3S. The Hall–Kier alpha value is -0.860. The van der Waals surface area contributed by atoms with Crippen LogP contribution in [0.3, 0.4) is 0 Å². The second-order valence-corrected chi connectivity index (χ2v) is 7.00. The Kier molecular flexibility index (Phi) is 9.63. The summed E-state index contributed by atoms with van der Waals surface area (Å²) >= 11 is 5.73. The van der Waals surface area contributed by atoms with Crippen LogP contribution in [0.25, 0.3) is 0 Å². The van der Waals surface area contributed by atoms with Crippen molar-refractivity contribution >= 4 is 39.9 Å². The van der Waals surface area contributed by atoms with E-state index in [4.69, 9.17) is 11.6 Å². The van der Waals surface area contributed by atoms with E-state index in [1.54, 1.807) is 0 Å². The van der Waals surface area contributed by atoms with Crippen molar-refractivity contribution in [2.24, 2.45) is 0 Å². The predicted octanol–water partition coefficient (Wildman–Crippen LogP) is 1.11. The Balaban J connectivity index is 0.00000441. The van der Waals surface area contributed by atoms with E-state index in [1.807, 2.05) is 7.05 Å². The van der Waals surface area contributed by atoms with Gasteiger partial charge in [-0.1, -0.05) is 11.6 Å². The summed E-state index contributed by atoms with van der Waals surface area (Å²) in [5.41, 5.74) is 0. The first-order valence-corrected chi connectivity index (χ1v) is 8.33. The minimum absolute atomic E-state index is 0. The van der Waals surface area contributed by atoms with Crippen LogP contribution in [0, 0.1) is 0 Å². The first-order chi connectivity index (χ1) is 9.87. The van der Waals surface area contributed by atoms with Gasteiger partial charge >= 0.3 is 0 Å². The number of carbonyl (C=O) groups is 1. The van der Waals surface area contributed by atoms with Gasteiger partial charge in [-0.05, 0) is 44.3 Å². The number of benzene rings is 1. The number of sulfonamides is 1. The molecule has 6 nitrogen and oxygen atoms in total. The summed E-state index contributed by atoms with van der Waals surface area (Å²) < 4.78 is 25.5. The number of amides is 1. The molecule has 0 aliphatic heterocycles. The molecule has 0 aromatic heterocycles. The lowest BCUT2D eigenvalue weighted by molar-refractivity contribution is -0.121. The van der Waals surface area contributed by atoms with Crippen molar-refractivity contribution in [2.75, 3.05) is 33.7 Å². The average molecular weight is 370 g/mol. The van der Waals surface area contributed by atoms with Gasteiger partial charge in [0.2, 0.25) is 15.9 Å². The molecule has 0 saturated heterocycles. The van der Waals surface area contributed by atoms with E-state index in [9.17, 15) is 13.2 Å². The third kappa shape index (κ3) is 6.50. The maximum Gasteiger partial charge on any atom is 0.243 e. The topological polar surface area (TPSA) is 78.5 Å². The molecule has 2 N–H and O–H groups in total. The van der Waals surface area contributed by atoms with Crippen LogP contribution >= 0.6 is 24.0 Å². The number of likely N-dealkylation sites (N-methyl/N-ethyl adjacent to an activating group) is 1. The van der Waals surface area contributed by atoms with Crippen LogP contribution in [-0.2, 0) is 14.8 Å². The van der Waals surface area contributed by atoms with Crippen LogP contribution in [-0.4, -0.2) is 52.4 Å². The lowest BCUT2D eigenvalue weighted by atomic mass is 10.4. The second kappa shape index (κ2) is 10.0. The van der Waals surface area contributed by atoms with Gasteiger partial charge in [0.05, 0.1) is 11.4 Å². The van der Waals surface area contributed by atoms with Gasteiger partial charge in [0.15, 0.2) is 0 Å². The molecule has 0 aliphatic carbocycles. The zero-order chi connectivity index (χ0) is 15.9. The molecule has 1 amide bonds. The lowest BCUT2D eigenvalue weighted by Crippen LogP contribution is -2.39. The molecule has 0 heterocycles. The highest BCUT2D eigenvalue weighted by atomic mass is 35.5. The molecule has 0 radical (unpaired) electrons. The van der Waals surface area contributed by atoms with Gasteiger partial charge < -0.3 is 10.6 Å². The molecule has 0 aliphatic rings. The van der Waals surface area contributed by atoms with E-state index in [-0.39, 0.29) is 29.8 Å². The molecule has 22 heavy (non-hydrogen) atoms. The van der Waals surface area contributed by atoms with Crippen molar-refractivity contribution in [1.82, 2.24) is 14.9 Å². The van der Waals surface area contributed by atoms with Crippen molar-refractivity contribution in [3.63, 3.8) is 0 Å². The molecule has 0 saturated carbocycles. The highest BCUT2D eigenvalue weighted by Crippen LogP contribution is 2.17. The highest BCUT2D eigenvalue weighted by Gasteiger charge is 2.22. The molecule has 0 fully saturated rings. The standard InChI is InChI=1S/C13H20ClN3O3S.ClH/c1-15-8-3-9-16-13(18)10-17(2)21(19,20)12-6-4-11(14)5-7-12;/h4-7,15H,3,8-10H2,1-2H3,(H,16,18);1H. The van der Waals surface area contributed by atoms with Gasteiger partial charge in [-0.3, -0.25) is 4.79 Å². The van der Waals surface area contributed by atoms with Gasteiger partial charge in [0.25, 0.3) is 0 Å². The molecule has 0 atom stereocenters. The number of nitrogens with zero attached hydrogens (tertiary/aromatic N) is 1. The number of rotatable bonds is 8. The largest absolute Gasteiger partial charge is 0.355 e. The first kappa shape index (κ1) is 21.1. The summed E-state index contributed by atoms with van der Waals surface area (Å²) in [6, 6.07) is 5.83. The van der Waals surface area contributed by atoms with Crippen molar-refractivity contribution in [3.05, 3.63) is 29.3 Å². The Morgan fingerprint density at radius 2 is 1.82 bits per heavy atom. The van der Waals surface area contributed by atoms with Crippen LogP contribution in [0.2, 0.25) is 5.02 Å². The Morgan fingerprint density at radius 1 is 1.23 bits per heavy atom. The summed E-state index contributed by atoms with van der Waals surface area (Å²) in [4.78, 5) is 11.8. The zero-order valence-electron chi connectivity index (χ0n) is 12.5. The Morgan fingerprint density at radius 3 is 2.36 bits per heavy atom. The molecule has 9 heteroatoms. The smallest absolute Gasteiger partial charge is 0.243 e. The monoisotopic (exact) mass is 369 g/mol. The quantitative estimate of drug-likeness (QED) is 0.672. The fourth-order valence-corrected chi connectivity index (χ4v) is 2.88. The number of hydrogen-bond donors (Lipinski definition) is 2. The minimum Gasteiger partial charge on any atom is -0.355 e. The maximum absolute atomic E-state index is 12.2. The molecule has 0 bridgehead atoms. The first-order valence-electron chi connectivity index (χ1n) is 6.51. The van der Waals surface area contributed by atoms with E-state index >= 15 is 0 Å². The fraction of sp³-hybridized carbons (Fsp3) is 0.462. The fourth-order valence-electron chi connectivity index (χ4n) is 1.62. The van der Waals surface area contributed by atoms with Crippen LogP contribution in [0.15, 0.2) is 29.2 Å². The molecule has 0 unspecified atom stereocenters. The van der Waals surface area contributed by atoms with E-state index in [0.29, 0.717) is 11.6 Å². The summed E-state index contributed by atoms with van der Waals surface area (Å²) in [7, 11) is -0.485. The molecule has 0 spiro atoms. The van der Waals surface area contributed by atoms with E-state index in [0.717, 1.165) is 17.3 Å². The third-order valence-corrected chi connectivity index (χ3v) is 4.88. The van der Waals surface area contributed by atoms with Crippen LogP contribution in [0.5, 0.6) is 0 Å². The number of halogens is 2. The normalized spacial score (nSPS) is 11.1. The van der Waals surface area contributed by atoms with Crippen LogP contribution in [0.4, 0.5) is 0 Å². The van der Waals surface area contributed by atoms with E-state index < -0.39 is 10.0 Å². The van der Waals surface area contributed by atoms with Crippen molar-refractivity contribution in [2.45, 2.75) is 11.3 Å². The van der Waals surface area contributed by atoms with Gasteiger partial charge in [-0.25, -0.2) is 8.42 Å². The minimum atomic E-state index is -3.68. The lowest BCUT2D eigenvalue weighted by Gasteiger charge is -2.17. The van der Waals surface area contributed by atoms with Crippen molar-refractivity contribution in [3.8, 4) is 0 Å². The van der Waals surface area contributed by atoms with Crippen molar-refractivity contribution < 1.29 is 13.2 Å². The highest BCUT2D eigenvalue weighted by molar-refractivity contribution is 7.89. The number of nitrogens with one attached hydrogen (secondary N) is 2. The SMILES string of the molecule is CNCCCNC(=O)CN(C)S(=O)(=O)c1ccc(Cl)cc1.Cl. The number of carbonyl (C=O) groups excluding carboxylic acids is 1. The van der Waals surface area contributed by atoms with Gasteiger partial charge in [0.1, 0.15) is 0 Å². The molecular weight excluding hydrogens is 349 g/mol. The molecule has 1 aromatic carbocycles. The van der Waals surface area contributed by atoms with Gasteiger partial charge in [-0.15, -0.1) is 12.4 Å². The Bertz CT molecular complexity index is 564. The Labute approximate surface area is 142 Å². The summed E-state index contributed by atoms with van der Waals surface area (Å²) in [5.74, 6) is -0.328. The van der Waals surface area contributed by atoms with Crippen molar-refractivity contribution in [1.29, 1.82) is 0 Å². The third-order valence-electron chi connectivity index (χ3n) is 2.81. The molecule has 126 valence electrons. The number of hydrogen-bond acceptors (Lipinski definition) is 4. The van der Waals surface area contributed by atoms with Gasteiger partial charge in [-0.2, -0.15) is 4.31 Å². The summed E-state index contributed by atoms with van der Waals surface area (Å²) in [5, 5.41) is 6.10. The predicted molar refractivity (Wildman–Crippen MR) is 90.1 cm³/mol. The van der Waals surface area contributed by atoms with E-state index in [2.05, 4.69) is 10.6 Å². The summed E-state index contributed by atoms with van der Waals surface area (Å²) in [6.45, 7) is 1.08. The molecule has 1 aromatic rings. The second-order valence-electron chi connectivity index (χ2n) is 4.52.